The number of carboxylic acid groups (broad SMARTS) is 1. The van der Waals surface area contributed by atoms with Crippen LogP contribution in [0.4, 0.5) is 5.69 Å². The molecule has 2 rings (SSSR count). The summed E-state index contributed by atoms with van der Waals surface area (Å²) in [6, 6.07) is 15.3. The van der Waals surface area contributed by atoms with Gasteiger partial charge in [0.25, 0.3) is 0 Å². The third-order valence-electron chi connectivity index (χ3n) is 3.37. The Balaban J connectivity index is 2.26. The number of nitrogens with zero attached hydrogens (tertiary/aromatic N) is 1. The van der Waals surface area contributed by atoms with Crippen LogP contribution in [0.1, 0.15) is 22.8 Å². The van der Waals surface area contributed by atoms with E-state index in [2.05, 4.69) is 11.8 Å². The van der Waals surface area contributed by atoms with E-state index in [0.717, 1.165) is 17.8 Å². The number of rotatable bonds is 6. The minimum Gasteiger partial charge on any atom is -0.496 e. The van der Waals surface area contributed by atoms with Gasteiger partial charge in [0.2, 0.25) is 0 Å². The monoisotopic (exact) mass is 285 g/mol. The van der Waals surface area contributed by atoms with Crippen LogP contribution in [0.25, 0.3) is 0 Å². The van der Waals surface area contributed by atoms with Crippen molar-refractivity contribution in [2.24, 2.45) is 0 Å². The molecule has 0 aliphatic heterocycles. The number of hydrogen-bond acceptors (Lipinski definition) is 3. The Morgan fingerprint density at radius 3 is 2.48 bits per heavy atom. The van der Waals surface area contributed by atoms with Crippen molar-refractivity contribution in [3.05, 3.63) is 59.7 Å². The van der Waals surface area contributed by atoms with E-state index in [1.54, 1.807) is 12.1 Å². The van der Waals surface area contributed by atoms with Gasteiger partial charge in [-0.25, -0.2) is 4.79 Å². The van der Waals surface area contributed by atoms with Gasteiger partial charge in [-0.3, -0.25) is 0 Å². The first-order valence-corrected chi connectivity index (χ1v) is 6.86. The molecule has 0 unspecified atom stereocenters. The van der Waals surface area contributed by atoms with E-state index in [1.807, 2.05) is 36.4 Å². The second kappa shape index (κ2) is 6.79. The molecule has 2 aromatic rings. The zero-order valence-corrected chi connectivity index (χ0v) is 12.2. The third kappa shape index (κ3) is 3.54. The molecule has 0 bridgehead atoms. The molecule has 4 nitrogen and oxygen atoms in total. The molecule has 21 heavy (non-hydrogen) atoms. The molecule has 0 heterocycles. The normalized spacial score (nSPS) is 10.2. The maximum absolute atomic E-state index is 11.3. The van der Waals surface area contributed by atoms with Gasteiger partial charge in [-0.2, -0.15) is 0 Å². The van der Waals surface area contributed by atoms with E-state index in [-0.39, 0.29) is 5.56 Å². The zero-order chi connectivity index (χ0) is 15.2. The second-order valence-electron chi connectivity index (χ2n) is 4.69. The number of methoxy groups -OCH3 is 1. The van der Waals surface area contributed by atoms with Crippen LogP contribution in [0.15, 0.2) is 48.5 Å². The number of carboxylic acids is 1. The number of carbonyl (C=O) groups is 1. The average molecular weight is 285 g/mol. The van der Waals surface area contributed by atoms with E-state index < -0.39 is 5.97 Å². The molecular formula is C17H19NO3. The van der Waals surface area contributed by atoms with Gasteiger partial charge in [0.05, 0.1) is 7.11 Å². The van der Waals surface area contributed by atoms with Crippen molar-refractivity contribution in [2.75, 3.05) is 18.6 Å². The highest BCUT2D eigenvalue weighted by Gasteiger charge is 2.13. The Hall–Kier alpha value is -2.49. The Kier molecular flexibility index (Phi) is 4.82. The minimum absolute atomic E-state index is 0.194. The number of para-hydroxylation sites is 1. The number of benzene rings is 2. The summed E-state index contributed by atoms with van der Waals surface area (Å²) in [6.45, 7) is 3.58. The average Bonchev–Trinajstić information content (AvgIpc) is 2.53. The predicted molar refractivity (Wildman–Crippen MR) is 83.1 cm³/mol. The quantitative estimate of drug-likeness (QED) is 0.883. The van der Waals surface area contributed by atoms with Crippen LogP contribution < -0.4 is 9.64 Å². The van der Waals surface area contributed by atoms with Crippen molar-refractivity contribution in [2.45, 2.75) is 13.5 Å². The van der Waals surface area contributed by atoms with Gasteiger partial charge in [-0.15, -0.1) is 0 Å². The summed E-state index contributed by atoms with van der Waals surface area (Å²) in [5, 5.41) is 9.24. The van der Waals surface area contributed by atoms with Crippen molar-refractivity contribution < 1.29 is 14.6 Å². The molecule has 0 aliphatic rings. The van der Waals surface area contributed by atoms with Gasteiger partial charge in [0.1, 0.15) is 11.3 Å². The SMILES string of the molecule is CCN(Cc1ccc(OC)c(C(=O)O)c1)c1ccccc1. The number of anilines is 1. The molecule has 4 heteroatoms. The van der Waals surface area contributed by atoms with Gasteiger partial charge in [0, 0.05) is 18.8 Å². The largest absolute Gasteiger partial charge is 0.496 e. The van der Waals surface area contributed by atoms with Crippen LogP contribution >= 0.6 is 0 Å². The Morgan fingerprint density at radius 1 is 1.19 bits per heavy atom. The molecule has 0 atom stereocenters. The fourth-order valence-corrected chi connectivity index (χ4v) is 2.27. The van der Waals surface area contributed by atoms with Crippen LogP contribution in [0, 0.1) is 0 Å². The molecule has 0 fully saturated rings. The lowest BCUT2D eigenvalue weighted by Gasteiger charge is -2.23. The summed E-state index contributed by atoms with van der Waals surface area (Å²) in [7, 11) is 1.48. The lowest BCUT2D eigenvalue weighted by molar-refractivity contribution is 0.0693. The highest BCUT2D eigenvalue weighted by atomic mass is 16.5. The van der Waals surface area contributed by atoms with Crippen molar-refractivity contribution in [1.29, 1.82) is 0 Å². The summed E-state index contributed by atoms with van der Waals surface area (Å²) in [5.41, 5.74) is 2.26. The van der Waals surface area contributed by atoms with Gasteiger partial charge >= 0.3 is 5.97 Å². The summed E-state index contributed by atoms with van der Waals surface area (Å²) in [5.74, 6) is -0.592. The van der Waals surface area contributed by atoms with Crippen molar-refractivity contribution in [1.82, 2.24) is 0 Å². The molecule has 0 spiro atoms. The molecule has 0 aromatic heterocycles. The van der Waals surface area contributed by atoms with Gasteiger partial charge in [-0.05, 0) is 36.8 Å². The fraction of sp³-hybridized carbons (Fsp3) is 0.235. The first kappa shape index (κ1) is 14.9. The maximum Gasteiger partial charge on any atom is 0.339 e. The molecule has 0 radical (unpaired) electrons. The number of hydrogen-bond donors (Lipinski definition) is 1. The highest BCUT2D eigenvalue weighted by molar-refractivity contribution is 5.91. The fourth-order valence-electron chi connectivity index (χ4n) is 2.27. The number of aromatic carboxylic acids is 1. The van der Waals surface area contributed by atoms with E-state index in [4.69, 9.17) is 4.74 Å². The van der Waals surface area contributed by atoms with E-state index in [9.17, 15) is 9.90 Å². The first-order valence-electron chi connectivity index (χ1n) is 6.86. The van der Waals surface area contributed by atoms with E-state index in [1.165, 1.54) is 7.11 Å². The topological polar surface area (TPSA) is 49.8 Å². The second-order valence-corrected chi connectivity index (χ2v) is 4.69. The van der Waals surface area contributed by atoms with Gasteiger partial charge in [0.15, 0.2) is 0 Å². The summed E-state index contributed by atoms with van der Waals surface area (Å²) >= 11 is 0. The smallest absolute Gasteiger partial charge is 0.339 e. The zero-order valence-electron chi connectivity index (χ0n) is 12.2. The van der Waals surface area contributed by atoms with Crippen LogP contribution in [-0.4, -0.2) is 24.7 Å². The van der Waals surface area contributed by atoms with Gasteiger partial charge < -0.3 is 14.7 Å². The summed E-state index contributed by atoms with van der Waals surface area (Å²) in [6.07, 6.45) is 0. The van der Waals surface area contributed by atoms with Gasteiger partial charge in [-0.1, -0.05) is 24.3 Å². The lowest BCUT2D eigenvalue weighted by Crippen LogP contribution is -2.22. The molecule has 0 amide bonds. The van der Waals surface area contributed by atoms with E-state index in [0.29, 0.717) is 12.3 Å². The summed E-state index contributed by atoms with van der Waals surface area (Å²) < 4.78 is 5.08. The Bertz CT molecular complexity index is 611. The molecule has 1 N–H and O–H groups in total. The predicted octanol–water partition coefficient (Wildman–Crippen LogP) is 3.42. The summed E-state index contributed by atoms with van der Waals surface area (Å²) in [4.78, 5) is 13.5. The maximum atomic E-state index is 11.3. The Labute approximate surface area is 124 Å². The van der Waals surface area contributed by atoms with Crippen molar-refractivity contribution in [3.63, 3.8) is 0 Å². The minimum atomic E-state index is -0.976. The molecule has 2 aromatic carbocycles. The van der Waals surface area contributed by atoms with Crippen LogP contribution in [0.2, 0.25) is 0 Å². The highest BCUT2D eigenvalue weighted by Crippen LogP contribution is 2.22. The van der Waals surface area contributed by atoms with Crippen LogP contribution in [0.5, 0.6) is 5.75 Å². The van der Waals surface area contributed by atoms with Crippen LogP contribution in [0.3, 0.4) is 0 Å². The molecule has 0 aliphatic carbocycles. The molecule has 0 saturated carbocycles. The third-order valence-corrected chi connectivity index (χ3v) is 3.37. The first-order chi connectivity index (χ1) is 10.2. The lowest BCUT2D eigenvalue weighted by atomic mass is 10.1. The molecular weight excluding hydrogens is 266 g/mol. The number of ether oxygens (including phenoxy) is 1. The van der Waals surface area contributed by atoms with Crippen molar-refractivity contribution in [3.8, 4) is 5.75 Å². The standard InChI is InChI=1S/C17H19NO3/c1-3-18(14-7-5-4-6-8-14)12-13-9-10-16(21-2)15(11-13)17(19)20/h4-11H,3,12H2,1-2H3,(H,19,20). The van der Waals surface area contributed by atoms with E-state index >= 15 is 0 Å². The molecule has 0 saturated heterocycles. The Morgan fingerprint density at radius 2 is 1.90 bits per heavy atom. The molecule has 110 valence electrons. The van der Waals surface area contributed by atoms with Crippen LogP contribution in [-0.2, 0) is 6.54 Å². The van der Waals surface area contributed by atoms with Crippen molar-refractivity contribution >= 4 is 11.7 Å².